The lowest BCUT2D eigenvalue weighted by molar-refractivity contribution is -0.130. The van der Waals surface area contributed by atoms with Crippen LogP contribution in [-0.4, -0.2) is 38.1 Å². The lowest BCUT2D eigenvalue weighted by Crippen LogP contribution is -2.61. The number of hydrogen-bond acceptors (Lipinski definition) is 6. The third kappa shape index (κ3) is 2.63. The molecule has 0 radical (unpaired) electrons. The molecule has 0 bridgehead atoms. The average Bonchev–Trinajstić information content (AvgIpc) is 3.04. The Bertz CT molecular complexity index is 758. The highest BCUT2D eigenvalue weighted by molar-refractivity contribution is 7.99. The molecule has 3 unspecified atom stereocenters. The van der Waals surface area contributed by atoms with Crippen LogP contribution < -0.4 is 10.0 Å². The molecule has 2 aliphatic rings. The number of hydrogen-bond donors (Lipinski definition) is 2. The van der Waals surface area contributed by atoms with Crippen molar-refractivity contribution >= 4 is 23.9 Å². The van der Waals surface area contributed by atoms with E-state index >= 15 is 0 Å². The van der Waals surface area contributed by atoms with Crippen molar-refractivity contribution in [3.8, 4) is 0 Å². The summed E-state index contributed by atoms with van der Waals surface area (Å²) in [6.45, 7) is 0.219. The molecule has 2 aromatic heterocycles. The standard InChI is InChI=1S/C16H15N5O2S/c22-15-14-13(12(20-24-14)11-5-1-2-7-18-11)19-16(23)21(15)9-10-4-3-6-17-8-10/h1-8,12-14,20H,9H2,(H,19,23). The number of aromatic nitrogens is 2. The third-order valence-corrected chi connectivity index (χ3v) is 5.26. The molecule has 0 saturated carbocycles. The van der Waals surface area contributed by atoms with Crippen LogP contribution in [0, 0.1) is 0 Å². The summed E-state index contributed by atoms with van der Waals surface area (Å²) in [6.07, 6.45) is 5.02. The van der Waals surface area contributed by atoms with Gasteiger partial charge in [0.15, 0.2) is 0 Å². The number of fused-ring (bicyclic) bond motifs is 1. The van der Waals surface area contributed by atoms with Crippen LogP contribution in [0.4, 0.5) is 4.79 Å². The Morgan fingerprint density at radius 1 is 1.17 bits per heavy atom. The number of imide groups is 1. The van der Waals surface area contributed by atoms with E-state index in [-0.39, 0.29) is 35.8 Å². The number of carbonyl (C=O) groups is 2. The summed E-state index contributed by atoms with van der Waals surface area (Å²) in [5.74, 6) is -0.191. The SMILES string of the molecule is O=C1NC2C(SNC2c2ccccn2)C(=O)N1Cc1cccnc1. The van der Waals surface area contributed by atoms with Crippen LogP contribution in [-0.2, 0) is 11.3 Å². The molecule has 2 aromatic rings. The van der Waals surface area contributed by atoms with Gasteiger partial charge in [0.05, 0.1) is 24.3 Å². The fourth-order valence-corrected chi connectivity index (χ4v) is 4.09. The van der Waals surface area contributed by atoms with E-state index in [4.69, 9.17) is 0 Å². The Balaban J connectivity index is 1.55. The Morgan fingerprint density at radius 3 is 2.83 bits per heavy atom. The minimum atomic E-state index is -0.379. The van der Waals surface area contributed by atoms with Crippen LogP contribution in [0.3, 0.4) is 0 Å². The molecule has 7 nitrogen and oxygen atoms in total. The maximum Gasteiger partial charge on any atom is 0.324 e. The van der Waals surface area contributed by atoms with Crippen molar-refractivity contribution in [2.75, 3.05) is 0 Å². The van der Waals surface area contributed by atoms with Gasteiger partial charge in [-0.1, -0.05) is 24.1 Å². The van der Waals surface area contributed by atoms with Crippen LogP contribution >= 0.6 is 11.9 Å². The van der Waals surface area contributed by atoms with Crippen LogP contribution in [0.2, 0.25) is 0 Å². The summed E-state index contributed by atoms with van der Waals surface area (Å²) in [5.41, 5.74) is 1.63. The van der Waals surface area contributed by atoms with E-state index in [9.17, 15) is 9.59 Å². The summed E-state index contributed by atoms with van der Waals surface area (Å²) in [7, 11) is 0. The van der Waals surface area contributed by atoms with Gasteiger partial charge in [0.25, 0.3) is 0 Å². The smallest absolute Gasteiger partial charge is 0.324 e. The Labute approximate surface area is 143 Å². The maximum atomic E-state index is 12.8. The topological polar surface area (TPSA) is 87.2 Å². The zero-order valence-corrected chi connectivity index (χ0v) is 13.4. The molecule has 2 N–H and O–H groups in total. The first-order chi connectivity index (χ1) is 11.7. The van der Waals surface area contributed by atoms with Crippen molar-refractivity contribution in [3.63, 3.8) is 0 Å². The van der Waals surface area contributed by atoms with Crippen LogP contribution in [0.15, 0.2) is 48.9 Å². The molecule has 2 aliphatic heterocycles. The van der Waals surface area contributed by atoms with Crippen LogP contribution in [0.5, 0.6) is 0 Å². The second-order valence-corrected chi connectivity index (χ2v) is 6.63. The highest BCUT2D eigenvalue weighted by Crippen LogP contribution is 2.36. The van der Waals surface area contributed by atoms with Gasteiger partial charge in [-0.05, 0) is 23.8 Å². The zero-order chi connectivity index (χ0) is 16.5. The van der Waals surface area contributed by atoms with Gasteiger partial charge in [-0.2, -0.15) is 0 Å². The molecule has 3 atom stereocenters. The van der Waals surface area contributed by atoms with Crippen molar-refractivity contribution in [2.45, 2.75) is 23.9 Å². The number of rotatable bonds is 3. The summed E-state index contributed by atoms with van der Waals surface area (Å²) in [6, 6.07) is 8.37. The Morgan fingerprint density at radius 2 is 2.08 bits per heavy atom. The van der Waals surface area contributed by atoms with E-state index in [1.54, 1.807) is 24.7 Å². The number of nitrogens with zero attached hydrogens (tertiary/aromatic N) is 3. The second-order valence-electron chi connectivity index (χ2n) is 5.65. The Kier molecular flexibility index (Phi) is 3.91. The predicted molar refractivity (Wildman–Crippen MR) is 88.6 cm³/mol. The summed E-state index contributed by atoms with van der Waals surface area (Å²) >= 11 is 1.34. The summed E-state index contributed by atoms with van der Waals surface area (Å²) in [5, 5.41) is 2.58. The van der Waals surface area contributed by atoms with Crippen molar-refractivity contribution in [1.29, 1.82) is 0 Å². The largest absolute Gasteiger partial charge is 0.331 e. The van der Waals surface area contributed by atoms with E-state index in [0.29, 0.717) is 0 Å². The summed E-state index contributed by atoms with van der Waals surface area (Å²) < 4.78 is 3.23. The molecule has 24 heavy (non-hydrogen) atoms. The average molecular weight is 341 g/mol. The fourth-order valence-electron chi connectivity index (χ4n) is 2.93. The molecular formula is C16H15N5O2S. The lowest BCUT2D eigenvalue weighted by Gasteiger charge is -2.34. The van der Waals surface area contributed by atoms with Crippen molar-refractivity contribution in [1.82, 2.24) is 24.9 Å². The van der Waals surface area contributed by atoms with E-state index < -0.39 is 0 Å². The highest BCUT2D eigenvalue weighted by Gasteiger charge is 2.49. The highest BCUT2D eigenvalue weighted by atomic mass is 32.2. The van der Waals surface area contributed by atoms with Crippen molar-refractivity contribution in [3.05, 3.63) is 60.2 Å². The van der Waals surface area contributed by atoms with Gasteiger partial charge in [-0.25, -0.2) is 4.79 Å². The number of amides is 3. The Hall–Kier alpha value is -2.45. The predicted octanol–water partition coefficient (Wildman–Crippen LogP) is 1.26. The third-order valence-electron chi connectivity index (χ3n) is 4.12. The molecular weight excluding hydrogens is 326 g/mol. The first-order valence-electron chi connectivity index (χ1n) is 7.57. The van der Waals surface area contributed by atoms with Gasteiger partial charge in [-0.3, -0.25) is 24.4 Å². The van der Waals surface area contributed by atoms with Gasteiger partial charge in [-0.15, -0.1) is 0 Å². The quantitative estimate of drug-likeness (QED) is 0.817. The first kappa shape index (κ1) is 15.1. The number of urea groups is 1. The van der Waals surface area contributed by atoms with Gasteiger partial charge in [0.1, 0.15) is 5.25 Å². The minimum Gasteiger partial charge on any atom is -0.331 e. The minimum absolute atomic E-state index is 0.186. The molecule has 0 aliphatic carbocycles. The zero-order valence-electron chi connectivity index (χ0n) is 12.6. The summed E-state index contributed by atoms with van der Waals surface area (Å²) in [4.78, 5) is 34.8. The molecule has 2 saturated heterocycles. The first-order valence-corrected chi connectivity index (χ1v) is 8.45. The van der Waals surface area contributed by atoms with Gasteiger partial charge >= 0.3 is 6.03 Å². The van der Waals surface area contributed by atoms with Crippen molar-refractivity contribution in [2.24, 2.45) is 0 Å². The van der Waals surface area contributed by atoms with Gasteiger partial charge in [0.2, 0.25) is 5.91 Å². The van der Waals surface area contributed by atoms with Crippen molar-refractivity contribution < 1.29 is 9.59 Å². The lowest BCUT2D eigenvalue weighted by atomic mass is 9.99. The van der Waals surface area contributed by atoms with Gasteiger partial charge < -0.3 is 5.32 Å². The van der Waals surface area contributed by atoms with E-state index in [0.717, 1.165) is 11.3 Å². The molecule has 0 aromatic carbocycles. The van der Waals surface area contributed by atoms with Crippen LogP contribution in [0.25, 0.3) is 0 Å². The molecule has 0 spiro atoms. The number of carbonyl (C=O) groups excluding carboxylic acids is 2. The van der Waals surface area contributed by atoms with E-state index in [1.807, 2.05) is 24.3 Å². The molecule has 4 heterocycles. The maximum absolute atomic E-state index is 12.8. The van der Waals surface area contributed by atoms with Gasteiger partial charge in [0, 0.05) is 18.6 Å². The molecule has 8 heteroatoms. The normalized spacial score (nSPS) is 26.2. The monoisotopic (exact) mass is 341 g/mol. The van der Waals surface area contributed by atoms with E-state index in [2.05, 4.69) is 20.0 Å². The molecule has 4 rings (SSSR count). The number of nitrogens with one attached hydrogen (secondary N) is 2. The van der Waals surface area contributed by atoms with Crippen LogP contribution in [0.1, 0.15) is 17.3 Å². The fraction of sp³-hybridized carbons (Fsp3) is 0.250. The molecule has 122 valence electrons. The molecule has 2 fully saturated rings. The second kappa shape index (κ2) is 6.21. The molecule has 3 amide bonds. The van der Waals surface area contributed by atoms with E-state index in [1.165, 1.54) is 16.8 Å². The number of pyridine rings is 2.